The zero-order valence-corrected chi connectivity index (χ0v) is 9.83. The van der Waals surface area contributed by atoms with E-state index in [1.165, 1.54) is 0 Å². The average Bonchev–Trinajstić information content (AvgIpc) is 2.27. The van der Waals surface area contributed by atoms with Crippen molar-refractivity contribution in [3.63, 3.8) is 0 Å². The lowest BCUT2D eigenvalue weighted by Gasteiger charge is -2.05. The van der Waals surface area contributed by atoms with E-state index >= 15 is 0 Å². The molecule has 0 saturated carbocycles. The van der Waals surface area contributed by atoms with Crippen LogP contribution in [0.15, 0.2) is 35.2 Å². The first kappa shape index (κ1) is 12.9. The third-order valence-corrected chi connectivity index (χ3v) is 3.87. The Bertz CT molecular complexity index is 440. The highest BCUT2D eigenvalue weighted by Crippen LogP contribution is 2.11. The number of nitrogens with two attached hydrogens (primary N) is 1. The van der Waals surface area contributed by atoms with Crippen molar-refractivity contribution in [1.82, 2.24) is 0 Å². The molecule has 0 heterocycles. The second-order valence-corrected chi connectivity index (χ2v) is 5.56. The van der Waals surface area contributed by atoms with E-state index in [9.17, 15) is 8.42 Å². The van der Waals surface area contributed by atoms with Crippen molar-refractivity contribution < 1.29 is 8.42 Å². The van der Waals surface area contributed by atoms with Gasteiger partial charge in [0.25, 0.3) is 0 Å². The molecule has 5 heteroatoms. The Morgan fingerprint density at radius 1 is 1.25 bits per heavy atom. The minimum absolute atomic E-state index is 0.211. The van der Waals surface area contributed by atoms with Gasteiger partial charge in [-0.2, -0.15) is 0 Å². The average molecular weight is 240 g/mol. The molecule has 1 aromatic carbocycles. The molecule has 3 N–H and O–H groups in total. The SMILES string of the molecule is N=C(CCCN)CS(=O)(=O)c1ccccc1. The van der Waals surface area contributed by atoms with Gasteiger partial charge in [0.15, 0.2) is 9.84 Å². The topological polar surface area (TPSA) is 84.0 Å². The van der Waals surface area contributed by atoms with Crippen LogP contribution in [0.2, 0.25) is 0 Å². The van der Waals surface area contributed by atoms with Gasteiger partial charge in [-0.1, -0.05) is 18.2 Å². The maximum Gasteiger partial charge on any atom is 0.183 e. The van der Waals surface area contributed by atoms with E-state index in [4.69, 9.17) is 11.1 Å². The number of sulfone groups is 1. The minimum Gasteiger partial charge on any atom is -0.330 e. The van der Waals surface area contributed by atoms with E-state index in [1.807, 2.05) is 0 Å². The van der Waals surface area contributed by atoms with Crippen LogP contribution in [0.5, 0.6) is 0 Å². The number of benzene rings is 1. The summed E-state index contributed by atoms with van der Waals surface area (Å²) in [6.07, 6.45) is 1.10. The molecule has 0 aliphatic rings. The van der Waals surface area contributed by atoms with Crippen LogP contribution in [-0.4, -0.2) is 26.4 Å². The standard InChI is InChI=1S/C11H16N2O2S/c12-8-4-5-10(13)9-16(14,15)11-6-2-1-3-7-11/h1-3,6-7,13H,4-5,8-9,12H2. The zero-order valence-electron chi connectivity index (χ0n) is 9.02. The fraction of sp³-hybridized carbons (Fsp3) is 0.364. The fourth-order valence-electron chi connectivity index (χ4n) is 1.33. The molecule has 0 atom stereocenters. The largest absolute Gasteiger partial charge is 0.330 e. The third-order valence-electron chi connectivity index (χ3n) is 2.15. The van der Waals surface area contributed by atoms with Gasteiger partial charge in [0.2, 0.25) is 0 Å². The second kappa shape index (κ2) is 5.77. The summed E-state index contributed by atoms with van der Waals surface area (Å²) in [5.41, 5.74) is 5.52. The molecule has 0 aromatic heterocycles. The molecule has 0 unspecified atom stereocenters. The van der Waals surface area contributed by atoms with Crippen molar-refractivity contribution in [1.29, 1.82) is 5.41 Å². The molecule has 1 aromatic rings. The van der Waals surface area contributed by atoms with Gasteiger partial charge in [0, 0.05) is 5.71 Å². The van der Waals surface area contributed by atoms with Gasteiger partial charge in [0.05, 0.1) is 10.6 Å². The Morgan fingerprint density at radius 3 is 2.44 bits per heavy atom. The lowest BCUT2D eigenvalue weighted by molar-refractivity contribution is 0.599. The predicted molar refractivity (Wildman–Crippen MR) is 64.5 cm³/mol. The second-order valence-electron chi connectivity index (χ2n) is 3.57. The lowest BCUT2D eigenvalue weighted by atomic mass is 10.2. The summed E-state index contributed by atoms with van der Waals surface area (Å²) < 4.78 is 23.7. The third kappa shape index (κ3) is 3.75. The van der Waals surface area contributed by atoms with E-state index in [0.717, 1.165) is 0 Å². The summed E-state index contributed by atoms with van der Waals surface area (Å²) in [5.74, 6) is -0.211. The monoisotopic (exact) mass is 240 g/mol. The summed E-state index contributed by atoms with van der Waals surface area (Å²) >= 11 is 0. The van der Waals surface area contributed by atoms with E-state index in [0.29, 0.717) is 19.4 Å². The highest BCUT2D eigenvalue weighted by molar-refractivity contribution is 7.92. The summed E-state index contributed by atoms with van der Waals surface area (Å²) in [7, 11) is -3.36. The van der Waals surface area contributed by atoms with E-state index in [1.54, 1.807) is 30.3 Å². The first-order valence-electron chi connectivity index (χ1n) is 5.10. The van der Waals surface area contributed by atoms with E-state index in [-0.39, 0.29) is 16.4 Å². The minimum atomic E-state index is -3.36. The van der Waals surface area contributed by atoms with Crippen LogP contribution >= 0.6 is 0 Å². The number of rotatable bonds is 6. The van der Waals surface area contributed by atoms with E-state index in [2.05, 4.69) is 0 Å². The van der Waals surface area contributed by atoms with Crippen LogP contribution in [0.25, 0.3) is 0 Å². The first-order valence-corrected chi connectivity index (χ1v) is 6.75. The van der Waals surface area contributed by atoms with Gasteiger partial charge in [0.1, 0.15) is 0 Å². The number of hydrogen-bond donors (Lipinski definition) is 2. The lowest BCUT2D eigenvalue weighted by Crippen LogP contribution is -2.16. The Morgan fingerprint density at radius 2 is 1.88 bits per heavy atom. The van der Waals surface area contributed by atoms with Gasteiger partial charge >= 0.3 is 0 Å². The molecule has 0 aliphatic carbocycles. The summed E-state index contributed by atoms with van der Waals surface area (Å²) in [6, 6.07) is 8.21. The predicted octanol–water partition coefficient (Wildman–Crippen LogP) is 1.22. The molecule has 1 rings (SSSR count). The summed E-state index contributed by atoms with van der Waals surface area (Å²) in [5, 5.41) is 7.56. The quantitative estimate of drug-likeness (QED) is 0.733. The highest BCUT2D eigenvalue weighted by Gasteiger charge is 2.15. The first-order chi connectivity index (χ1) is 7.56. The Balaban J connectivity index is 2.70. The molecule has 0 aliphatic heterocycles. The van der Waals surface area contributed by atoms with Crippen molar-refractivity contribution in [3.8, 4) is 0 Å². The Labute approximate surface area is 95.9 Å². The molecule has 4 nitrogen and oxygen atoms in total. The highest BCUT2D eigenvalue weighted by atomic mass is 32.2. The normalized spacial score (nSPS) is 11.3. The molecule has 0 amide bonds. The van der Waals surface area contributed by atoms with Crippen molar-refractivity contribution in [2.45, 2.75) is 17.7 Å². The smallest absolute Gasteiger partial charge is 0.183 e. The Hall–Kier alpha value is -1.20. The zero-order chi connectivity index (χ0) is 12.0. The molecule has 0 fully saturated rings. The van der Waals surface area contributed by atoms with Crippen LogP contribution in [0.1, 0.15) is 12.8 Å². The van der Waals surface area contributed by atoms with Crippen molar-refractivity contribution in [2.24, 2.45) is 5.73 Å². The van der Waals surface area contributed by atoms with Crippen molar-refractivity contribution in [3.05, 3.63) is 30.3 Å². The molecule has 0 saturated heterocycles. The maximum absolute atomic E-state index is 11.8. The van der Waals surface area contributed by atoms with Crippen LogP contribution in [-0.2, 0) is 9.84 Å². The molecule has 88 valence electrons. The van der Waals surface area contributed by atoms with Gasteiger partial charge in [-0.05, 0) is 31.5 Å². The van der Waals surface area contributed by atoms with Gasteiger partial charge < -0.3 is 11.1 Å². The fourth-order valence-corrected chi connectivity index (χ4v) is 2.67. The molecular formula is C11H16N2O2S. The van der Waals surface area contributed by atoms with Crippen LogP contribution in [0.3, 0.4) is 0 Å². The summed E-state index contributed by atoms with van der Waals surface area (Å²) in [4.78, 5) is 0.271. The number of hydrogen-bond acceptors (Lipinski definition) is 4. The van der Waals surface area contributed by atoms with Crippen LogP contribution in [0, 0.1) is 5.41 Å². The van der Waals surface area contributed by atoms with Gasteiger partial charge in [-0.3, -0.25) is 0 Å². The molecule has 16 heavy (non-hydrogen) atoms. The van der Waals surface area contributed by atoms with Crippen LogP contribution in [0.4, 0.5) is 0 Å². The molecular weight excluding hydrogens is 224 g/mol. The molecule has 0 bridgehead atoms. The molecule has 0 radical (unpaired) electrons. The van der Waals surface area contributed by atoms with Gasteiger partial charge in [-0.25, -0.2) is 8.42 Å². The number of nitrogens with one attached hydrogen (secondary N) is 1. The van der Waals surface area contributed by atoms with Gasteiger partial charge in [-0.15, -0.1) is 0 Å². The molecule has 0 spiro atoms. The van der Waals surface area contributed by atoms with E-state index < -0.39 is 9.84 Å². The van der Waals surface area contributed by atoms with Crippen LogP contribution < -0.4 is 5.73 Å². The van der Waals surface area contributed by atoms with Crippen molar-refractivity contribution in [2.75, 3.05) is 12.3 Å². The Kier molecular flexibility index (Phi) is 4.64. The maximum atomic E-state index is 11.8. The summed E-state index contributed by atoms with van der Waals surface area (Å²) in [6.45, 7) is 0.480. The van der Waals surface area contributed by atoms with Crippen molar-refractivity contribution >= 4 is 15.5 Å².